The van der Waals surface area contributed by atoms with E-state index in [1.54, 1.807) is 0 Å². The fourth-order valence-corrected chi connectivity index (χ4v) is 1.59. The van der Waals surface area contributed by atoms with Crippen LogP contribution < -0.4 is 10.1 Å². The van der Waals surface area contributed by atoms with E-state index in [1.165, 1.54) is 0 Å². The molecule has 120 valence electrons. The topological polar surface area (TPSA) is 47.6 Å². The summed E-state index contributed by atoms with van der Waals surface area (Å²) >= 11 is 0. The smallest absolute Gasteiger partial charge is 0.407 e. The molecule has 0 aliphatic carbocycles. The zero-order valence-corrected chi connectivity index (χ0v) is 13.9. The maximum atomic E-state index is 11.4. The number of nitrogens with one attached hydrogen (secondary N) is 1. The lowest BCUT2D eigenvalue weighted by atomic mass is 10.2. The lowest BCUT2D eigenvalue weighted by Crippen LogP contribution is -2.32. The Morgan fingerprint density at radius 3 is 2.77 bits per heavy atom. The van der Waals surface area contributed by atoms with Crippen LogP contribution in [-0.4, -0.2) is 24.8 Å². The maximum Gasteiger partial charge on any atom is 0.407 e. The second-order valence-electron chi connectivity index (χ2n) is 5.86. The van der Waals surface area contributed by atoms with Gasteiger partial charge in [0.25, 0.3) is 0 Å². The predicted octanol–water partition coefficient (Wildman–Crippen LogP) is 3.74. The molecule has 4 nitrogen and oxygen atoms in total. The number of carbonyl (C=O) groups excluding carboxylic acids is 1. The van der Waals surface area contributed by atoms with Crippen LogP contribution in [0.1, 0.15) is 46.1 Å². The van der Waals surface area contributed by atoms with Crippen molar-refractivity contribution in [3.63, 3.8) is 0 Å². The van der Waals surface area contributed by atoms with Crippen LogP contribution in [0.2, 0.25) is 0 Å². The highest BCUT2D eigenvalue weighted by atomic mass is 16.6. The molecule has 0 aliphatic heterocycles. The highest BCUT2D eigenvalue weighted by Crippen LogP contribution is 2.12. The molecule has 0 bridgehead atoms. The molecule has 0 saturated carbocycles. The Bertz CT molecular complexity index is 535. The molecule has 0 atom stereocenters. The largest absolute Gasteiger partial charge is 0.494 e. The van der Waals surface area contributed by atoms with E-state index in [9.17, 15) is 4.79 Å². The van der Waals surface area contributed by atoms with E-state index in [4.69, 9.17) is 9.47 Å². The summed E-state index contributed by atoms with van der Waals surface area (Å²) in [5, 5.41) is 2.68. The van der Waals surface area contributed by atoms with Gasteiger partial charge in [0, 0.05) is 18.5 Å². The average Bonchev–Trinajstić information content (AvgIpc) is 2.43. The summed E-state index contributed by atoms with van der Waals surface area (Å²) in [7, 11) is 0. The van der Waals surface area contributed by atoms with E-state index in [1.807, 2.05) is 45.0 Å². The molecule has 4 heteroatoms. The Balaban J connectivity index is 2.37. The van der Waals surface area contributed by atoms with Crippen molar-refractivity contribution in [1.82, 2.24) is 5.32 Å². The monoisotopic (exact) mass is 303 g/mol. The Morgan fingerprint density at radius 1 is 1.32 bits per heavy atom. The fraction of sp³-hybridized carbons (Fsp3) is 0.500. The summed E-state index contributed by atoms with van der Waals surface area (Å²) < 4.78 is 10.7. The molecular formula is C18H25NO3. The summed E-state index contributed by atoms with van der Waals surface area (Å²) in [5.74, 6) is 6.92. The predicted molar refractivity (Wildman–Crippen MR) is 88.0 cm³/mol. The average molecular weight is 303 g/mol. The van der Waals surface area contributed by atoms with Crippen molar-refractivity contribution in [3.05, 3.63) is 29.8 Å². The van der Waals surface area contributed by atoms with Gasteiger partial charge in [-0.25, -0.2) is 4.79 Å². The number of benzene rings is 1. The SMILES string of the molecule is CCCOc1cccc(C#CCCNC(=O)OC(C)(C)C)c1. The normalized spacial score (nSPS) is 10.4. The highest BCUT2D eigenvalue weighted by Gasteiger charge is 2.15. The summed E-state index contributed by atoms with van der Waals surface area (Å²) in [6.45, 7) is 8.74. The minimum absolute atomic E-state index is 0.413. The second-order valence-corrected chi connectivity index (χ2v) is 5.86. The van der Waals surface area contributed by atoms with Gasteiger partial charge < -0.3 is 14.8 Å². The van der Waals surface area contributed by atoms with Gasteiger partial charge in [-0.15, -0.1) is 0 Å². The first-order valence-electron chi connectivity index (χ1n) is 7.59. The highest BCUT2D eigenvalue weighted by molar-refractivity contribution is 5.67. The van der Waals surface area contributed by atoms with E-state index in [0.29, 0.717) is 19.6 Å². The van der Waals surface area contributed by atoms with Crippen LogP contribution in [-0.2, 0) is 4.74 Å². The third-order valence-electron chi connectivity index (χ3n) is 2.46. The van der Waals surface area contributed by atoms with Crippen LogP contribution in [0.5, 0.6) is 5.75 Å². The molecular weight excluding hydrogens is 278 g/mol. The van der Waals surface area contributed by atoms with Crippen molar-refractivity contribution >= 4 is 6.09 Å². The number of alkyl carbamates (subject to hydrolysis) is 1. The van der Waals surface area contributed by atoms with Gasteiger partial charge in [0.1, 0.15) is 11.4 Å². The lowest BCUT2D eigenvalue weighted by molar-refractivity contribution is 0.0529. The Morgan fingerprint density at radius 2 is 2.09 bits per heavy atom. The third-order valence-corrected chi connectivity index (χ3v) is 2.46. The molecule has 0 fully saturated rings. The van der Waals surface area contributed by atoms with Gasteiger partial charge in [-0.1, -0.05) is 24.8 Å². The number of hydrogen-bond acceptors (Lipinski definition) is 3. The van der Waals surface area contributed by atoms with E-state index in [-0.39, 0.29) is 0 Å². The van der Waals surface area contributed by atoms with Crippen LogP contribution in [0.25, 0.3) is 0 Å². The van der Waals surface area contributed by atoms with Crippen LogP contribution in [0.4, 0.5) is 4.79 Å². The third kappa shape index (κ3) is 8.21. The molecule has 1 N–H and O–H groups in total. The Kier molecular flexibility index (Phi) is 7.31. The van der Waals surface area contributed by atoms with Crippen LogP contribution >= 0.6 is 0 Å². The number of carbonyl (C=O) groups is 1. The standard InChI is InChI=1S/C18H25NO3/c1-5-13-21-16-11-8-10-15(14-16)9-6-7-12-19-17(20)22-18(2,3)4/h8,10-11,14H,5,7,12-13H2,1-4H3,(H,19,20). The first-order valence-corrected chi connectivity index (χ1v) is 7.59. The van der Waals surface area contributed by atoms with Crippen molar-refractivity contribution in [3.8, 4) is 17.6 Å². The van der Waals surface area contributed by atoms with Gasteiger partial charge in [0.15, 0.2) is 0 Å². The van der Waals surface area contributed by atoms with Crippen molar-refractivity contribution in [2.45, 2.75) is 46.1 Å². The second kappa shape index (κ2) is 8.99. The summed E-state index contributed by atoms with van der Waals surface area (Å²) in [5.41, 5.74) is 0.431. The quantitative estimate of drug-likeness (QED) is 0.666. The minimum Gasteiger partial charge on any atom is -0.494 e. The molecule has 0 heterocycles. The fourth-order valence-electron chi connectivity index (χ4n) is 1.59. The maximum absolute atomic E-state index is 11.4. The zero-order valence-electron chi connectivity index (χ0n) is 13.9. The van der Waals surface area contributed by atoms with Gasteiger partial charge in [-0.3, -0.25) is 0 Å². The molecule has 1 amide bonds. The molecule has 1 aromatic carbocycles. The molecule has 0 spiro atoms. The van der Waals surface area contributed by atoms with Crippen LogP contribution in [0.3, 0.4) is 0 Å². The first kappa shape index (κ1) is 17.9. The van der Waals surface area contributed by atoms with Crippen LogP contribution in [0, 0.1) is 11.8 Å². The van der Waals surface area contributed by atoms with E-state index >= 15 is 0 Å². The van der Waals surface area contributed by atoms with Crippen molar-refractivity contribution < 1.29 is 14.3 Å². The lowest BCUT2D eigenvalue weighted by Gasteiger charge is -2.19. The van der Waals surface area contributed by atoms with Gasteiger partial charge in [0.05, 0.1) is 6.61 Å². The van der Waals surface area contributed by atoms with Crippen molar-refractivity contribution in [1.29, 1.82) is 0 Å². The van der Waals surface area contributed by atoms with Crippen LogP contribution in [0.15, 0.2) is 24.3 Å². The van der Waals surface area contributed by atoms with E-state index < -0.39 is 11.7 Å². The van der Waals surface area contributed by atoms with E-state index in [0.717, 1.165) is 17.7 Å². The van der Waals surface area contributed by atoms with Gasteiger partial charge in [0.2, 0.25) is 0 Å². The molecule has 1 aromatic rings. The van der Waals surface area contributed by atoms with Crippen molar-refractivity contribution in [2.24, 2.45) is 0 Å². The zero-order chi connectivity index (χ0) is 16.4. The number of amides is 1. The molecule has 1 rings (SSSR count). The molecule has 0 aliphatic rings. The minimum atomic E-state index is -0.477. The molecule has 0 radical (unpaired) electrons. The summed E-state index contributed by atoms with van der Waals surface area (Å²) in [6, 6.07) is 7.70. The Hall–Kier alpha value is -2.15. The van der Waals surface area contributed by atoms with E-state index in [2.05, 4.69) is 24.1 Å². The summed E-state index contributed by atoms with van der Waals surface area (Å²) in [4.78, 5) is 11.4. The molecule has 22 heavy (non-hydrogen) atoms. The van der Waals surface area contributed by atoms with Crippen molar-refractivity contribution in [2.75, 3.05) is 13.2 Å². The molecule has 0 unspecified atom stereocenters. The number of hydrogen-bond donors (Lipinski definition) is 1. The van der Waals surface area contributed by atoms with Gasteiger partial charge in [-0.2, -0.15) is 0 Å². The van der Waals surface area contributed by atoms with Gasteiger partial charge >= 0.3 is 6.09 Å². The van der Waals surface area contributed by atoms with Gasteiger partial charge in [-0.05, 0) is 45.4 Å². The number of rotatable bonds is 5. The number of ether oxygens (including phenoxy) is 2. The molecule has 0 saturated heterocycles. The molecule has 0 aromatic heterocycles. The summed E-state index contributed by atoms with van der Waals surface area (Å²) in [6.07, 6.45) is 1.13. The first-order chi connectivity index (χ1) is 10.4. The Labute approximate surface area is 133 Å².